The van der Waals surface area contributed by atoms with Crippen molar-refractivity contribution in [2.24, 2.45) is 0 Å². The first-order chi connectivity index (χ1) is 6.75. The van der Waals surface area contributed by atoms with Crippen molar-refractivity contribution in [1.82, 2.24) is 9.80 Å². The molecule has 1 fully saturated rings. The van der Waals surface area contributed by atoms with E-state index in [1.807, 2.05) is 4.90 Å². The number of carboxylic acids is 1. The van der Waals surface area contributed by atoms with Crippen LogP contribution in [0.3, 0.4) is 0 Å². The fourth-order valence-corrected chi connectivity index (χ4v) is 2.24. The number of likely N-dealkylation sites (tertiary alicyclic amines) is 1. The molecular weight excluding hydrogens is 180 g/mol. The average Bonchev–Trinajstić information content (AvgIpc) is 2.69. The van der Waals surface area contributed by atoms with Crippen LogP contribution in [-0.2, 0) is 4.79 Å². The molecule has 0 aromatic heterocycles. The Morgan fingerprint density at radius 1 is 1.43 bits per heavy atom. The third-order valence-corrected chi connectivity index (χ3v) is 2.97. The lowest BCUT2D eigenvalue weighted by atomic mass is 10.2. The number of hydrogen-bond donors (Lipinski definition) is 1. The normalized spacial score (nSPS) is 28.7. The van der Waals surface area contributed by atoms with E-state index < -0.39 is 5.97 Å². The maximum Gasteiger partial charge on any atom is 0.317 e. The van der Waals surface area contributed by atoms with E-state index in [1.165, 1.54) is 0 Å². The second kappa shape index (κ2) is 4.11. The highest BCUT2D eigenvalue weighted by Gasteiger charge is 2.28. The van der Waals surface area contributed by atoms with Gasteiger partial charge in [0.1, 0.15) is 0 Å². The Hall–Kier alpha value is -0.870. The molecule has 0 saturated carbocycles. The van der Waals surface area contributed by atoms with E-state index in [4.69, 9.17) is 5.11 Å². The molecule has 78 valence electrons. The van der Waals surface area contributed by atoms with Crippen LogP contribution in [0, 0.1) is 0 Å². The molecule has 0 spiro atoms. The Bertz CT molecular complexity index is 245. The smallest absolute Gasteiger partial charge is 0.317 e. The minimum Gasteiger partial charge on any atom is -0.480 e. The van der Waals surface area contributed by atoms with E-state index in [1.54, 1.807) is 0 Å². The van der Waals surface area contributed by atoms with Crippen molar-refractivity contribution >= 4 is 5.97 Å². The predicted molar refractivity (Wildman–Crippen MR) is 53.2 cm³/mol. The summed E-state index contributed by atoms with van der Waals surface area (Å²) in [5.41, 5.74) is 0. The van der Waals surface area contributed by atoms with Gasteiger partial charge in [-0.15, -0.1) is 0 Å². The number of aliphatic carboxylic acids is 1. The van der Waals surface area contributed by atoms with Crippen LogP contribution in [0.5, 0.6) is 0 Å². The van der Waals surface area contributed by atoms with Crippen molar-refractivity contribution in [2.45, 2.75) is 12.5 Å². The fraction of sp³-hybridized carbons (Fsp3) is 0.700. The quantitative estimate of drug-likeness (QED) is 0.646. The molecule has 0 aromatic rings. The van der Waals surface area contributed by atoms with Crippen molar-refractivity contribution in [3.63, 3.8) is 0 Å². The Balaban J connectivity index is 1.79. The summed E-state index contributed by atoms with van der Waals surface area (Å²) < 4.78 is 0. The zero-order valence-electron chi connectivity index (χ0n) is 8.22. The monoisotopic (exact) mass is 196 g/mol. The van der Waals surface area contributed by atoms with Crippen LogP contribution in [0.25, 0.3) is 0 Å². The van der Waals surface area contributed by atoms with Crippen LogP contribution in [0.15, 0.2) is 12.2 Å². The summed E-state index contributed by atoms with van der Waals surface area (Å²) in [5.74, 6) is -0.717. The van der Waals surface area contributed by atoms with Crippen LogP contribution in [0.1, 0.15) is 6.42 Å². The molecule has 1 saturated heterocycles. The van der Waals surface area contributed by atoms with Gasteiger partial charge in [0, 0.05) is 32.2 Å². The molecule has 1 unspecified atom stereocenters. The van der Waals surface area contributed by atoms with Gasteiger partial charge in [0.05, 0.1) is 6.54 Å². The molecule has 2 heterocycles. The molecule has 4 heteroatoms. The molecule has 1 atom stereocenters. The van der Waals surface area contributed by atoms with E-state index in [0.717, 1.165) is 32.6 Å². The molecule has 4 nitrogen and oxygen atoms in total. The maximum absolute atomic E-state index is 10.5. The van der Waals surface area contributed by atoms with Crippen molar-refractivity contribution in [3.8, 4) is 0 Å². The summed E-state index contributed by atoms with van der Waals surface area (Å²) in [6.45, 7) is 4.09. The zero-order chi connectivity index (χ0) is 9.97. The molecule has 0 radical (unpaired) electrons. The van der Waals surface area contributed by atoms with Gasteiger partial charge in [-0.25, -0.2) is 0 Å². The summed E-state index contributed by atoms with van der Waals surface area (Å²) in [7, 11) is 0. The van der Waals surface area contributed by atoms with Crippen LogP contribution in [0.2, 0.25) is 0 Å². The SMILES string of the molecule is O=C(O)CN1CCC(N2CC=CC2)C1. The molecule has 0 bridgehead atoms. The highest BCUT2D eigenvalue weighted by Crippen LogP contribution is 2.17. The fourth-order valence-electron chi connectivity index (χ4n) is 2.24. The van der Waals surface area contributed by atoms with E-state index >= 15 is 0 Å². The van der Waals surface area contributed by atoms with Gasteiger partial charge in [-0.2, -0.15) is 0 Å². The molecule has 2 rings (SSSR count). The summed E-state index contributed by atoms with van der Waals surface area (Å²) in [6, 6.07) is 0.560. The molecule has 1 N–H and O–H groups in total. The van der Waals surface area contributed by atoms with Crippen molar-refractivity contribution in [2.75, 3.05) is 32.7 Å². The van der Waals surface area contributed by atoms with Gasteiger partial charge in [-0.05, 0) is 6.42 Å². The lowest BCUT2D eigenvalue weighted by Crippen LogP contribution is -2.36. The minimum absolute atomic E-state index is 0.192. The van der Waals surface area contributed by atoms with Crippen molar-refractivity contribution in [1.29, 1.82) is 0 Å². The lowest BCUT2D eigenvalue weighted by Gasteiger charge is -2.23. The Labute approximate surface area is 83.8 Å². The second-order valence-corrected chi connectivity index (χ2v) is 4.00. The summed E-state index contributed by atoms with van der Waals surface area (Å²) in [4.78, 5) is 14.9. The van der Waals surface area contributed by atoms with Crippen LogP contribution < -0.4 is 0 Å². The molecule has 14 heavy (non-hydrogen) atoms. The highest BCUT2D eigenvalue weighted by atomic mass is 16.4. The summed E-state index contributed by atoms with van der Waals surface area (Å²) in [5, 5.41) is 8.66. The lowest BCUT2D eigenvalue weighted by molar-refractivity contribution is -0.138. The van der Waals surface area contributed by atoms with Crippen LogP contribution in [0.4, 0.5) is 0 Å². The Kier molecular flexibility index (Phi) is 2.84. The first-order valence-corrected chi connectivity index (χ1v) is 5.09. The number of hydrogen-bond acceptors (Lipinski definition) is 3. The first kappa shape index (κ1) is 9.68. The third-order valence-electron chi connectivity index (χ3n) is 2.97. The standard InChI is InChI=1S/C10H16N2O2/c13-10(14)8-11-6-3-9(7-11)12-4-1-2-5-12/h1-2,9H,3-8H2,(H,13,14). The average molecular weight is 196 g/mol. The first-order valence-electron chi connectivity index (χ1n) is 5.09. The zero-order valence-corrected chi connectivity index (χ0v) is 8.22. The molecule has 2 aliphatic rings. The van der Waals surface area contributed by atoms with Crippen molar-refractivity contribution < 1.29 is 9.90 Å². The number of carbonyl (C=O) groups is 1. The third kappa shape index (κ3) is 2.13. The Morgan fingerprint density at radius 2 is 2.14 bits per heavy atom. The Morgan fingerprint density at radius 3 is 2.79 bits per heavy atom. The molecule has 0 amide bonds. The van der Waals surface area contributed by atoms with Crippen LogP contribution >= 0.6 is 0 Å². The van der Waals surface area contributed by atoms with Crippen LogP contribution in [-0.4, -0.2) is 59.6 Å². The topological polar surface area (TPSA) is 43.8 Å². The van der Waals surface area contributed by atoms with E-state index in [9.17, 15) is 4.79 Å². The largest absolute Gasteiger partial charge is 0.480 e. The number of nitrogens with zero attached hydrogens (tertiary/aromatic N) is 2. The van der Waals surface area contributed by atoms with Gasteiger partial charge in [-0.1, -0.05) is 12.2 Å². The van der Waals surface area contributed by atoms with Gasteiger partial charge in [0.25, 0.3) is 0 Å². The maximum atomic E-state index is 10.5. The molecular formula is C10H16N2O2. The molecule has 0 aliphatic carbocycles. The predicted octanol–water partition coefficient (Wildman–Crippen LogP) is 0.0171. The van der Waals surface area contributed by atoms with Gasteiger partial charge in [-0.3, -0.25) is 14.6 Å². The van der Waals surface area contributed by atoms with Gasteiger partial charge < -0.3 is 5.11 Å². The molecule has 0 aromatic carbocycles. The second-order valence-electron chi connectivity index (χ2n) is 4.00. The summed E-state index contributed by atoms with van der Waals surface area (Å²) >= 11 is 0. The minimum atomic E-state index is -0.717. The van der Waals surface area contributed by atoms with Gasteiger partial charge in [0.15, 0.2) is 0 Å². The van der Waals surface area contributed by atoms with Gasteiger partial charge >= 0.3 is 5.97 Å². The highest BCUT2D eigenvalue weighted by molar-refractivity contribution is 5.69. The summed E-state index contributed by atoms with van der Waals surface area (Å²) in [6.07, 6.45) is 5.47. The van der Waals surface area contributed by atoms with E-state index in [-0.39, 0.29) is 6.54 Å². The number of rotatable bonds is 3. The van der Waals surface area contributed by atoms with Gasteiger partial charge in [0.2, 0.25) is 0 Å². The van der Waals surface area contributed by atoms with E-state index in [0.29, 0.717) is 6.04 Å². The van der Waals surface area contributed by atoms with E-state index in [2.05, 4.69) is 17.1 Å². The molecule has 2 aliphatic heterocycles. The number of carboxylic acid groups (broad SMARTS) is 1. The van der Waals surface area contributed by atoms with Crippen molar-refractivity contribution in [3.05, 3.63) is 12.2 Å².